The molecule has 0 radical (unpaired) electrons. The van der Waals surface area contributed by atoms with Crippen LogP contribution in [0.1, 0.15) is 34.8 Å². The van der Waals surface area contributed by atoms with Crippen molar-refractivity contribution in [2.75, 3.05) is 7.11 Å². The van der Waals surface area contributed by atoms with Crippen LogP contribution in [0.4, 0.5) is 11.4 Å². The Labute approximate surface area is 150 Å². The number of benzene rings is 1. The van der Waals surface area contributed by atoms with Crippen LogP contribution in [0.3, 0.4) is 0 Å². The van der Waals surface area contributed by atoms with Crippen LogP contribution in [0.2, 0.25) is 0 Å². The molecule has 0 spiro atoms. The van der Waals surface area contributed by atoms with Crippen molar-refractivity contribution in [3.8, 4) is 11.9 Å². The first-order valence-electron chi connectivity index (χ1n) is 7.91. The van der Waals surface area contributed by atoms with Crippen molar-refractivity contribution in [2.45, 2.75) is 26.8 Å². The van der Waals surface area contributed by atoms with E-state index in [0.29, 0.717) is 17.7 Å². The highest BCUT2D eigenvalue weighted by Gasteiger charge is 2.18. The molecule has 8 heteroatoms. The third kappa shape index (κ3) is 3.62. The number of esters is 1. The van der Waals surface area contributed by atoms with Gasteiger partial charge in [-0.05, 0) is 37.6 Å². The van der Waals surface area contributed by atoms with E-state index >= 15 is 0 Å². The molecule has 0 aliphatic heterocycles. The molecule has 1 aromatic heterocycles. The minimum atomic E-state index is -0.518. The second-order valence-electron chi connectivity index (χ2n) is 5.48. The molecule has 0 amide bonds. The van der Waals surface area contributed by atoms with Gasteiger partial charge in [0.25, 0.3) is 5.56 Å². The van der Waals surface area contributed by atoms with Crippen molar-refractivity contribution in [2.24, 2.45) is 10.2 Å². The molecule has 1 N–H and O–H groups in total. The second-order valence-corrected chi connectivity index (χ2v) is 5.48. The fourth-order valence-corrected chi connectivity index (χ4v) is 2.38. The van der Waals surface area contributed by atoms with E-state index in [1.165, 1.54) is 26.2 Å². The number of hydrogen-bond donors (Lipinski definition) is 1. The third-order valence-corrected chi connectivity index (χ3v) is 3.77. The van der Waals surface area contributed by atoms with E-state index in [-0.39, 0.29) is 29.2 Å². The van der Waals surface area contributed by atoms with Crippen molar-refractivity contribution in [3.63, 3.8) is 0 Å². The van der Waals surface area contributed by atoms with Gasteiger partial charge in [0, 0.05) is 12.1 Å². The van der Waals surface area contributed by atoms with Gasteiger partial charge in [0.1, 0.15) is 11.6 Å². The zero-order chi connectivity index (χ0) is 19.3. The van der Waals surface area contributed by atoms with Crippen molar-refractivity contribution in [1.82, 2.24) is 4.57 Å². The van der Waals surface area contributed by atoms with Crippen LogP contribution in [-0.2, 0) is 11.3 Å². The molecule has 2 rings (SSSR count). The monoisotopic (exact) mass is 354 g/mol. The van der Waals surface area contributed by atoms with Gasteiger partial charge < -0.3 is 9.84 Å². The van der Waals surface area contributed by atoms with Crippen molar-refractivity contribution in [3.05, 3.63) is 51.3 Å². The highest BCUT2D eigenvalue weighted by atomic mass is 16.5. The van der Waals surface area contributed by atoms with E-state index in [2.05, 4.69) is 15.0 Å². The number of ether oxygens (including phenoxy) is 1. The Hall–Kier alpha value is -3.47. The van der Waals surface area contributed by atoms with Gasteiger partial charge in [0.15, 0.2) is 5.69 Å². The van der Waals surface area contributed by atoms with Crippen molar-refractivity contribution >= 4 is 17.3 Å². The van der Waals surface area contributed by atoms with Gasteiger partial charge in [0.05, 0.1) is 18.4 Å². The quantitative estimate of drug-likeness (QED) is 0.652. The maximum atomic E-state index is 12.6. The fraction of sp³-hybridized carbons (Fsp3) is 0.278. The van der Waals surface area contributed by atoms with Crippen LogP contribution < -0.4 is 5.56 Å². The van der Waals surface area contributed by atoms with E-state index in [1.54, 1.807) is 12.1 Å². The summed E-state index contributed by atoms with van der Waals surface area (Å²) >= 11 is 0. The normalized spacial score (nSPS) is 10.7. The van der Waals surface area contributed by atoms with Gasteiger partial charge in [-0.3, -0.25) is 9.36 Å². The maximum Gasteiger partial charge on any atom is 0.337 e. The number of hydrogen-bond acceptors (Lipinski definition) is 7. The van der Waals surface area contributed by atoms with Crippen LogP contribution in [0.15, 0.2) is 39.3 Å². The highest BCUT2D eigenvalue weighted by Crippen LogP contribution is 2.27. The van der Waals surface area contributed by atoms with E-state index in [0.717, 1.165) is 4.57 Å². The maximum absolute atomic E-state index is 12.6. The second kappa shape index (κ2) is 8.07. The number of pyridine rings is 1. The standard InChI is InChI=1S/C18H18N4O4/c1-4-9-22-16(23)14(10-19)11(2)15(17(22)24)21-20-13-7-5-12(6-8-13)18(25)26-3/h5-8,23H,4,9H2,1-3H3. The van der Waals surface area contributed by atoms with Gasteiger partial charge in [-0.25, -0.2) is 4.79 Å². The number of methoxy groups -OCH3 is 1. The molecule has 26 heavy (non-hydrogen) atoms. The number of carbonyl (C=O) groups excluding carboxylic acids is 1. The Kier molecular flexibility index (Phi) is 5.86. The Bertz CT molecular complexity index is 953. The Morgan fingerprint density at radius 2 is 1.96 bits per heavy atom. The molecule has 0 saturated heterocycles. The van der Waals surface area contributed by atoms with Gasteiger partial charge in [-0.15, -0.1) is 5.11 Å². The summed E-state index contributed by atoms with van der Waals surface area (Å²) in [6.45, 7) is 3.64. The summed E-state index contributed by atoms with van der Waals surface area (Å²) in [7, 11) is 1.29. The van der Waals surface area contributed by atoms with Crippen molar-refractivity contribution in [1.29, 1.82) is 5.26 Å². The average molecular weight is 354 g/mol. The van der Waals surface area contributed by atoms with Crippen LogP contribution >= 0.6 is 0 Å². The highest BCUT2D eigenvalue weighted by molar-refractivity contribution is 5.89. The fourth-order valence-electron chi connectivity index (χ4n) is 2.38. The summed E-state index contributed by atoms with van der Waals surface area (Å²) in [5.41, 5.74) is 0.514. The van der Waals surface area contributed by atoms with Gasteiger partial charge >= 0.3 is 5.97 Å². The summed E-state index contributed by atoms with van der Waals surface area (Å²) in [6, 6.07) is 8.06. The summed E-state index contributed by atoms with van der Waals surface area (Å²) < 4.78 is 5.73. The lowest BCUT2D eigenvalue weighted by molar-refractivity contribution is 0.0601. The predicted octanol–water partition coefficient (Wildman–Crippen LogP) is 3.35. The smallest absolute Gasteiger partial charge is 0.337 e. The molecule has 0 unspecified atom stereocenters. The first-order chi connectivity index (χ1) is 12.4. The van der Waals surface area contributed by atoms with Gasteiger partial charge in [-0.2, -0.15) is 10.4 Å². The minimum Gasteiger partial charge on any atom is -0.493 e. The lowest BCUT2D eigenvalue weighted by Crippen LogP contribution is -2.21. The van der Waals surface area contributed by atoms with Gasteiger partial charge in [-0.1, -0.05) is 6.92 Å². The molecule has 0 aliphatic rings. The zero-order valence-electron chi connectivity index (χ0n) is 14.7. The Morgan fingerprint density at radius 3 is 2.50 bits per heavy atom. The zero-order valence-corrected chi connectivity index (χ0v) is 14.7. The minimum absolute atomic E-state index is 0.00645. The average Bonchev–Trinajstić information content (AvgIpc) is 2.65. The van der Waals surface area contributed by atoms with E-state index in [9.17, 15) is 20.0 Å². The first-order valence-corrected chi connectivity index (χ1v) is 7.91. The molecule has 8 nitrogen and oxygen atoms in total. The number of nitriles is 1. The number of aromatic nitrogens is 1. The SMILES string of the molecule is CCCn1c(O)c(C#N)c(C)c(N=Nc2ccc(C(=O)OC)cc2)c1=O. The molecule has 0 aliphatic carbocycles. The number of nitrogens with zero attached hydrogens (tertiary/aromatic N) is 4. The molecular formula is C18H18N4O4. The first kappa shape index (κ1) is 18.9. The van der Waals surface area contributed by atoms with E-state index < -0.39 is 11.5 Å². The summed E-state index contributed by atoms with van der Waals surface area (Å²) in [4.78, 5) is 24.0. The van der Waals surface area contributed by atoms with Crippen LogP contribution in [0.5, 0.6) is 5.88 Å². The third-order valence-electron chi connectivity index (χ3n) is 3.77. The lowest BCUT2D eigenvalue weighted by atomic mass is 10.1. The van der Waals surface area contributed by atoms with Gasteiger partial charge in [0.2, 0.25) is 5.88 Å². The molecule has 2 aromatic rings. The molecule has 0 atom stereocenters. The number of rotatable bonds is 5. The molecule has 1 aromatic carbocycles. The van der Waals surface area contributed by atoms with Crippen LogP contribution in [-0.4, -0.2) is 22.8 Å². The molecule has 0 saturated carbocycles. The van der Waals surface area contributed by atoms with Crippen LogP contribution in [0, 0.1) is 18.3 Å². The van der Waals surface area contributed by atoms with E-state index in [1.807, 2.05) is 13.0 Å². The Morgan fingerprint density at radius 1 is 1.31 bits per heavy atom. The van der Waals surface area contributed by atoms with Crippen molar-refractivity contribution < 1.29 is 14.6 Å². The summed E-state index contributed by atoms with van der Waals surface area (Å²) in [6.07, 6.45) is 0.604. The topological polar surface area (TPSA) is 117 Å². The summed E-state index contributed by atoms with van der Waals surface area (Å²) in [5.74, 6) is -0.831. The molecular weight excluding hydrogens is 336 g/mol. The molecule has 134 valence electrons. The number of aromatic hydroxyl groups is 1. The van der Waals surface area contributed by atoms with E-state index in [4.69, 9.17) is 0 Å². The molecule has 0 bridgehead atoms. The lowest BCUT2D eigenvalue weighted by Gasteiger charge is -2.11. The van der Waals surface area contributed by atoms with Crippen LogP contribution in [0.25, 0.3) is 0 Å². The summed E-state index contributed by atoms with van der Waals surface area (Å²) in [5, 5.41) is 27.4. The number of carbonyl (C=O) groups is 1. The number of azo groups is 1. The molecule has 0 fully saturated rings. The predicted molar refractivity (Wildman–Crippen MR) is 94.1 cm³/mol. The molecule has 1 heterocycles. The Balaban J connectivity index is 2.47. The largest absolute Gasteiger partial charge is 0.493 e.